The fourth-order valence-corrected chi connectivity index (χ4v) is 3.51. The molecule has 0 fully saturated rings. The molecule has 0 saturated carbocycles. The number of benzene rings is 2. The third-order valence-corrected chi connectivity index (χ3v) is 5.49. The zero-order chi connectivity index (χ0) is 19.2. The molecule has 0 spiro atoms. The minimum atomic E-state index is -3.60. The van der Waals surface area contributed by atoms with Crippen molar-refractivity contribution in [3.63, 3.8) is 0 Å². The Morgan fingerprint density at radius 1 is 1.15 bits per heavy atom. The monoisotopic (exact) mass is 394 g/mol. The number of rotatable bonds is 8. The average Bonchev–Trinajstić information content (AvgIpc) is 2.59. The Morgan fingerprint density at radius 2 is 1.85 bits per heavy atom. The third-order valence-electron chi connectivity index (χ3n) is 3.94. The molecular formula is C19H23ClN2O3S. The zero-order valence-corrected chi connectivity index (χ0v) is 16.5. The van der Waals surface area contributed by atoms with Crippen molar-refractivity contribution in [2.24, 2.45) is 0 Å². The van der Waals surface area contributed by atoms with E-state index >= 15 is 0 Å². The van der Waals surface area contributed by atoms with Gasteiger partial charge in [-0.2, -0.15) is 0 Å². The molecule has 0 aromatic heterocycles. The highest BCUT2D eigenvalue weighted by Gasteiger charge is 2.21. The molecule has 2 aromatic carbocycles. The first-order chi connectivity index (χ1) is 12.3. The van der Waals surface area contributed by atoms with Crippen LogP contribution in [0, 0.1) is 6.92 Å². The molecule has 0 bridgehead atoms. The maximum Gasteiger partial charge on any atom is 0.240 e. The summed E-state index contributed by atoms with van der Waals surface area (Å²) >= 11 is 6.08. The van der Waals surface area contributed by atoms with Gasteiger partial charge < -0.3 is 5.32 Å². The van der Waals surface area contributed by atoms with Crippen LogP contribution in [0.1, 0.15) is 17.5 Å². The van der Waals surface area contributed by atoms with Crippen LogP contribution in [0.2, 0.25) is 5.02 Å². The summed E-state index contributed by atoms with van der Waals surface area (Å²) in [7, 11) is -3.60. The highest BCUT2D eigenvalue weighted by atomic mass is 35.5. The third kappa shape index (κ3) is 6.04. The predicted molar refractivity (Wildman–Crippen MR) is 106 cm³/mol. The summed E-state index contributed by atoms with van der Waals surface area (Å²) in [6.07, 6.45) is 2.71. The van der Waals surface area contributed by atoms with Gasteiger partial charge in [-0.05, 0) is 43.0 Å². The summed E-state index contributed by atoms with van der Waals surface area (Å²) in [6.45, 7) is 2.04. The first kappa shape index (κ1) is 20.3. The average molecular weight is 395 g/mol. The number of hydrogen-bond acceptors (Lipinski definition) is 3. The Kier molecular flexibility index (Phi) is 7.06. The molecule has 5 nitrogen and oxygen atoms in total. The number of carbonyl (C=O) groups is 1. The Labute approximate surface area is 160 Å². The van der Waals surface area contributed by atoms with Gasteiger partial charge in [0.2, 0.25) is 15.9 Å². The number of aryl methyl sites for hydroxylation is 2. The van der Waals surface area contributed by atoms with Gasteiger partial charge in [0.05, 0.1) is 11.9 Å². The lowest BCUT2D eigenvalue weighted by molar-refractivity contribution is -0.119. The molecule has 1 amide bonds. The number of halogens is 1. The van der Waals surface area contributed by atoms with E-state index in [9.17, 15) is 13.2 Å². The van der Waals surface area contributed by atoms with Crippen LogP contribution < -0.4 is 9.62 Å². The van der Waals surface area contributed by atoms with E-state index < -0.39 is 10.0 Å². The molecule has 1 N–H and O–H groups in total. The van der Waals surface area contributed by atoms with Crippen molar-refractivity contribution in [3.05, 3.63) is 64.7 Å². The zero-order valence-electron chi connectivity index (χ0n) is 14.9. The first-order valence-electron chi connectivity index (χ1n) is 8.32. The van der Waals surface area contributed by atoms with E-state index in [2.05, 4.69) is 5.32 Å². The van der Waals surface area contributed by atoms with E-state index in [1.54, 1.807) is 18.2 Å². The minimum absolute atomic E-state index is 0.274. The lowest BCUT2D eigenvalue weighted by Crippen LogP contribution is -2.40. The Hall–Kier alpha value is -2.05. The van der Waals surface area contributed by atoms with Crippen molar-refractivity contribution in [1.29, 1.82) is 0 Å². The number of nitrogens with one attached hydrogen (secondary N) is 1. The molecule has 0 aliphatic rings. The summed E-state index contributed by atoms with van der Waals surface area (Å²) in [6, 6.07) is 14.9. The topological polar surface area (TPSA) is 66.5 Å². The van der Waals surface area contributed by atoms with E-state index in [0.29, 0.717) is 17.3 Å². The maximum atomic E-state index is 12.2. The first-order valence-corrected chi connectivity index (χ1v) is 10.5. The van der Waals surface area contributed by atoms with E-state index in [-0.39, 0.29) is 12.5 Å². The smallest absolute Gasteiger partial charge is 0.240 e. The van der Waals surface area contributed by atoms with Crippen LogP contribution in [0.4, 0.5) is 5.69 Å². The van der Waals surface area contributed by atoms with E-state index in [4.69, 9.17) is 11.6 Å². The van der Waals surface area contributed by atoms with Gasteiger partial charge in [-0.1, -0.05) is 48.0 Å². The van der Waals surface area contributed by atoms with Gasteiger partial charge in [-0.15, -0.1) is 0 Å². The van der Waals surface area contributed by atoms with Gasteiger partial charge in [0, 0.05) is 11.6 Å². The highest BCUT2D eigenvalue weighted by molar-refractivity contribution is 7.92. The Balaban J connectivity index is 1.93. The Morgan fingerprint density at radius 3 is 2.46 bits per heavy atom. The quantitative estimate of drug-likeness (QED) is 0.699. The van der Waals surface area contributed by atoms with Crippen LogP contribution in [0.3, 0.4) is 0 Å². The van der Waals surface area contributed by atoms with Crippen molar-refractivity contribution in [1.82, 2.24) is 5.32 Å². The van der Waals surface area contributed by atoms with E-state index in [1.165, 1.54) is 5.56 Å². The summed E-state index contributed by atoms with van der Waals surface area (Å²) < 4.78 is 25.2. The lowest BCUT2D eigenvalue weighted by Gasteiger charge is -2.22. The molecule has 26 heavy (non-hydrogen) atoms. The summed E-state index contributed by atoms with van der Waals surface area (Å²) in [5.74, 6) is -0.347. The van der Waals surface area contributed by atoms with Crippen molar-refractivity contribution in [2.75, 3.05) is 23.7 Å². The molecule has 0 radical (unpaired) electrons. The van der Waals surface area contributed by atoms with Crippen LogP contribution in [0.15, 0.2) is 48.5 Å². The van der Waals surface area contributed by atoms with Gasteiger partial charge in [-0.3, -0.25) is 9.10 Å². The van der Waals surface area contributed by atoms with Gasteiger partial charge >= 0.3 is 0 Å². The van der Waals surface area contributed by atoms with E-state index in [0.717, 1.165) is 29.0 Å². The summed E-state index contributed by atoms with van der Waals surface area (Å²) in [5, 5.41) is 3.23. The van der Waals surface area contributed by atoms with Gasteiger partial charge in [0.1, 0.15) is 6.54 Å². The van der Waals surface area contributed by atoms with E-state index in [1.807, 2.05) is 37.3 Å². The Bertz CT molecular complexity index is 854. The fraction of sp³-hybridized carbons (Fsp3) is 0.316. The molecule has 0 heterocycles. The molecule has 0 aliphatic heterocycles. The standard InChI is InChI=1S/C19H23ClN2O3S/c1-15-10-11-17(13-18(15)20)22(26(2,24)25)14-19(23)21-12-6-9-16-7-4-3-5-8-16/h3-5,7-8,10-11,13H,6,9,12,14H2,1-2H3,(H,21,23). The molecule has 0 atom stereocenters. The second-order valence-electron chi connectivity index (χ2n) is 6.14. The fourth-order valence-electron chi connectivity index (χ4n) is 2.49. The van der Waals surface area contributed by atoms with Crippen LogP contribution in [0.25, 0.3) is 0 Å². The second-order valence-corrected chi connectivity index (χ2v) is 8.46. The van der Waals surface area contributed by atoms with Crippen LogP contribution in [-0.2, 0) is 21.2 Å². The predicted octanol–water partition coefficient (Wildman–Crippen LogP) is 3.16. The number of amides is 1. The van der Waals surface area contributed by atoms with Gasteiger partial charge in [0.15, 0.2) is 0 Å². The van der Waals surface area contributed by atoms with Crippen molar-refractivity contribution in [2.45, 2.75) is 19.8 Å². The van der Waals surface area contributed by atoms with Gasteiger partial charge in [-0.25, -0.2) is 8.42 Å². The lowest BCUT2D eigenvalue weighted by atomic mass is 10.1. The molecule has 2 rings (SSSR count). The number of hydrogen-bond donors (Lipinski definition) is 1. The number of nitrogens with zero attached hydrogens (tertiary/aromatic N) is 1. The van der Waals surface area contributed by atoms with Crippen molar-refractivity contribution < 1.29 is 13.2 Å². The molecular weight excluding hydrogens is 372 g/mol. The number of carbonyl (C=O) groups excluding carboxylic acids is 1. The maximum absolute atomic E-state index is 12.2. The minimum Gasteiger partial charge on any atom is -0.355 e. The summed E-state index contributed by atoms with van der Waals surface area (Å²) in [5.41, 5.74) is 2.42. The number of anilines is 1. The van der Waals surface area contributed by atoms with Crippen LogP contribution in [-0.4, -0.2) is 33.7 Å². The SMILES string of the molecule is Cc1ccc(N(CC(=O)NCCCc2ccccc2)S(C)(=O)=O)cc1Cl. The molecule has 140 valence electrons. The van der Waals surface area contributed by atoms with Crippen LogP contribution >= 0.6 is 11.6 Å². The molecule has 7 heteroatoms. The molecule has 0 unspecified atom stereocenters. The van der Waals surface area contributed by atoms with Gasteiger partial charge in [0.25, 0.3) is 0 Å². The summed E-state index contributed by atoms with van der Waals surface area (Å²) in [4.78, 5) is 12.2. The molecule has 0 saturated heterocycles. The van der Waals surface area contributed by atoms with Crippen molar-refractivity contribution >= 4 is 33.2 Å². The largest absolute Gasteiger partial charge is 0.355 e. The molecule has 0 aliphatic carbocycles. The normalized spacial score (nSPS) is 11.2. The van der Waals surface area contributed by atoms with Crippen LogP contribution in [0.5, 0.6) is 0 Å². The number of sulfonamides is 1. The van der Waals surface area contributed by atoms with Crippen molar-refractivity contribution in [3.8, 4) is 0 Å². The highest BCUT2D eigenvalue weighted by Crippen LogP contribution is 2.24. The molecule has 2 aromatic rings. The second kappa shape index (κ2) is 9.05.